The summed E-state index contributed by atoms with van der Waals surface area (Å²) in [6, 6.07) is 12.5. The van der Waals surface area contributed by atoms with Gasteiger partial charge in [0.1, 0.15) is 5.82 Å². The zero-order chi connectivity index (χ0) is 17.7. The summed E-state index contributed by atoms with van der Waals surface area (Å²) >= 11 is 0. The molecule has 2 aromatic carbocycles. The van der Waals surface area contributed by atoms with Crippen molar-refractivity contribution in [2.75, 3.05) is 5.73 Å². The number of nitrogens with two attached hydrogens (primary N) is 1. The molecule has 0 bridgehead atoms. The van der Waals surface area contributed by atoms with Crippen LogP contribution in [0.2, 0.25) is 0 Å². The van der Waals surface area contributed by atoms with Crippen LogP contribution in [0.5, 0.6) is 0 Å². The minimum absolute atomic E-state index is 0.0205. The number of ether oxygens (including phenoxy) is 1. The van der Waals surface area contributed by atoms with Crippen LogP contribution in [0.4, 0.5) is 10.1 Å². The van der Waals surface area contributed by atoms with E-state index < -0.39 is 23.8 Å². The maximum atomic E-state index is 13.0. The molecule has 2 rings (SSSR count). The molecular weight excluding hydrogens is 311 g/mol. The number of hydrogen-bond acceptors (Lipinski definition) is 4. The van der Waals surface area contributed by atoms with Gasteiger partial charge in [-0.3, -0.25) is 4.79 Å². The summed E-state index contributed by atoms with van der Waals surface area (Å²) in [5.41, 5.74) is 6.51. The number of halogens is 1. The van der Waals surface area contributed by atoms with Gasteiger partial charge in [0.25, 0.3) is 5.91 Å². The molecule has 0 heterocycles. The topological polar surface area (TPSA) is 81.4 Å². The number of amides is 1. The van der Waals surface area contributed by atoms with Gasteiger partial charge in [-0.1, -0.05) is 30.3 Å². The minimum atomic E-state index is -1.01. The number of benzene rings is 2. The van der Waals surface area contributed by atoms with Crippen molar-refractivity contribution in [3.05, 3.63) is 65.5 Å². The first-order valence-corrected chi connectivity index (χ1v) is 7.50. The summed E-state index contributed by atoms with van der Waals surface area (Å²) in [6.45, 7) is 3.30. The van der Waals surface area contributed by atoms with Crippen LogP contribution in [0.3, 0.4) is 0 Å². The van der Waals surface area contributed by atoms with Gasteiger partial charge in [0.05, 0.1) is 11.6 Å². The lowest BCUT2D eigenvalue weighted by Gasteiger charge is -2.18. The highest BCUT2D eigenvalue weighted by atomic mass is 19.1. The van der Waals surface area contributed by atoms with E-state index in [9.17, 15) is 14.0 Å². The third-order valence-corrected chi connectivity index (χ3v) is 3.54. The Hall–Kier alpha value is -2.89. The second kappa shape index (κ2) is 7.59. The van der Waals surface area contributed by atoms with E-state index in [-0.39, 0.29) is 17.3 Å². The standard InChI is InChI=1S/C18H19FN2O3/c1-11(13-6-4-3-5-7-13)21-17(22)12(2)24-18(23)15-9-8-14(19)10-16(15)20/h3-12H,20H2,1-2H3,(H,21,22). The van der Waals surface area contributed by atoms with Crippen LogP contribution in [0.25, 0.3) is 0 Å². The molecular formula is C18H19FN2O3. The van der Waals surface area contributed by atoms with E-state index in [0.29, 0.717) is 0 Å². The molecule has 0 aromatic heterocycles. The Morgan fingerprint density at radius 3 is 2.42 bits per heavy atom. The van der Waals surface area contributed by atoms with Gasteiger partial charge in [-0.2, -0.15) is 0 Å². The summed E-state index contributed by atoms with van der Waals surface area (Å²) in [5.74, 6) is -1.76. The van der Waals surface area contributed by atoms with Crippen LogP contribution in [0, 0.1) is 5.82 Å². The largest absolute Gasteiger partial charge is 0.449 e. The number of esters is 1. The molecule has 2 unspecified atom stereocenters. The van der Waals surface area contributed by atoms with Gasteiger partial charge in [-0.15, -0.1) is 0 Å². The molecule has 0 aliphatic heterocycles. The van der Waals surface area contributed by atoms with E-state index in [2.05, 4.69) is 5.32 Å². The van der Waals surface area contributed by atoms with Crippen molar-refractivity contribution in [2.24, 2.45) is 0 Å². The van der Waals surface area contributed by atoms with E-state index in [1.165, 1.54) is 13.0 Å². The Balaban J connectivity index is 1.97. The van der Waals surface area contributed by atoms with Crippen LogP contribution in [0.15, 0.2) is 48.5 Å². The molecule has 0 fully saturated rings. The molecule has 126 valence electrons. The van der Waals surface area contributed by atoms with Crippen molar-refractivity contribution in [1.82, 2.24) is 5.32 Å². The van der Waals surface area contributed by atoms with Crippen molar-refractivity contribution in [2.45, 2.75) is 26.0 Å². The van der Waals surface area contributed by atoms with Gasteiger partial charge in [-0.25, -0.2) is 9.18 Å². The highest BCUT2D eigenvalue weighted by Gasteiger charge is 2.22. The number of carbonyl (C=O) groups is 2. The molecule has 2 atom stereocenters. The average molecular weight is 330 g/mol. The third kappa shape index (κ3) is 4.32. The lowest BCUT2D eigenvalue weighted by atomic mass is 10.1. The van der Waals surface area contributed by atoms with Gasteiger partial charge in [0, 0.05) is 5.69 Å². The van der Waals surface area contributed by atoms with Gasteiger partial charge in [-0.05, 0) is 37.6 Å². The van der Waals surface area contributed by atoms with Crippen LogP contribution in [-0.4, -0.2) is 18.0 Å². The number of hydrogen-bond donors (Lipinski definition) is 2. The number of anilines is 1. The van der Waals surface area contributed by atoms with Gasteiger partial charge < -0.3 is 15.8 Å². The lowest BCUT2D eigenvalue weighted by molar-refractivity contribution is -0.129. The van der Waals surface area contributed by atoms with Crippen LogP contribution >= 0.6 is 0 Å². The first-order valence-electron chi connectivity index (χ1n) is 7.50. The summed E-state index contributed by atoms with van der Waals surface area (Å²) < 4.78 is 18.1. The van der Waals surface area contributed by atoms with Crippen molar-refractivity contribution >= 4 is 17.6 Å². The predicted octanol–water partition coefficient (Wildman–Crippen LogP) is 2.83. The fourth-order valence-corrected chi connectivity index (χ4v) is 2.15. The van der Waals surface area contributed by atoms with E-state index in [1.807, 2.05) is 37.3 Å². The smallest absolute Gasteiger partial charge is 0.341 e. The van der Waals surface area contributed by atoms with Crippen LogP contribution in [0.1, 0.15) is 35.8 Å². The first-order chi connectivity index (χ1) is 11.4. The van der Waals surface area contributed by atoms with Crippen molar-refractivity contribution in [3.8, 4) is 0 Å². The number of nitrogens with one attached hydrogen (secondary N) is 1. The Labute approximate surface area is 139 Å². The number of rotatable bonds is 5. The first kappa shape index (κ1) is 17.5. The fourth-order valence-electron chi connectivity index (χ4n) is 2.15. The van der Waals surface area contributed by atoms with Gasteiger partial charge >= 0.3 is 5.97 Å². The van der Waals surface area contributed by atoms with Crippen LogP contribution < -0.4 is 11.1 Å². The third-order valence-electron chi connectivity index (χ3n) is 3.54. The van der Waals surface area contributed by atoms with Crippen molar-refractivity contribution < 1.29 is 18.7 Å². The molecule has 0 spiro atoms. The Morgan fingerprint density at radius 2 is 1.79 bits per heavy atom. The summed E-state index contributed by atoms with van der Waals surface area (Å²) in [6.07, 6.45) is -1.01. The average Bonchev–Trinajstić information content (AvgIpc) is 2.55. The number of carbonyl (C=O) groups excluding carboxylic acids is 2. The number of nitrogen functional groups attached to an aromatic ring is 1. The van der Waals surface area contributed by atoms with E-state index in [4.69, 9.17) is 10.5 Å². The van der Waals surface area contributed by atoms with Gasteiger partial charge in [0.15, 0.2) is 6.10 Å². The van der Waals surface area contributed by atoms with Crippen LogP contribution in [-0.2, 0) is 9.53 Å². The summed E-state index contributed by atoms with van der Waals surface area (Å²) in [5, 5.41) is 2.77. The Kier molecular flexibility index (Phi) is 5.52. The van der Waals surface area contributed by atoms with Gasteiger partial charge in [0.2, 0.25) is 0 Å². The molecule has 24 heavy (non-hydrogen) atoms. The maximum absolute atomic E-state index is 13.0. The molecule has 0 saturated heterocycles. The maximum Gasteiger partial charge on any atom is 0.341 e. The summed E-state index contributed by atoms with van der Waals surface area (Å²) in [7, 11) is 0. The molecule has 5 nitrogen and oxygen atoms in total. The lowest BCUT2D eigenvalue weighted by Crippen LogP contribution is -2.37. The quantitative estimate of drug-likeness (QED) is 0.652. The molecule has 0 aliphatic rings. The summed E-state index contributed by atoms with van der Waals surface area (Å²) in [4.78, 5) is 24.2. The molecule has 0 aliphatic carbocycles. The monoisotopic (exact) mass is 330 g/mol. The normalized spacial score (nSPS) is 13.0. The highest BCUT2D eigenvalue weighted by molar-refractivity contribution is 5.96. The van der Waals surface area contributed by atoms with Crippen molar-refractivity contribution in [1.29, 1.82) is 0 Å². The minimum Gasteiger partial charge on any atom is -0.449 e. The van der Waals surface area contributed by atoms with Crippen molar-refractivity contribution in [3.63, 3.8) is 0 Å². The predicted molar refractivity (Wildman–Crippen MR) is 88.7 cm³/mol. The van der Waals surface area contributed by atoms with E-state index in [0.717, 1.165) is 17.7 Å². The SMILES string of the molecule is CC(OC(=O)c1ccc(F)cc1N)C(=O)NC(C)c1ccccc1. The fraction of sp³-hybridized carbons (Fsp3) is 0.222. The second-order valence-corrected chi connectivity index (χ2v) is 5.42. The zero-order valence-electron chi connectivity index (χ0n) is 13.5. The molecule has 3 N–H and O–H groups in total. The molecule has 6 heteroatoms. The molecule has 2 aromatic rings. The second-order valence-electron chi connectivity index (χ2n) is 5.42. The molecule has 0 radical (unpaired) electrons. The molecule has 1 amide bonds. The van der Waals surface area contributed by atoms with E-state index in [1.54, 1.807) is 0 Å². The Bertz CT molecular complexity index is 734. The van der Waals surface area contributed by atoms with E-state index >= 15 is 0 Å². The molecule has 0 saturated carbocycles. The Morgan fingerprint density at radius 1 is 1.12 bits per heavy atom. The zero-order valence-corrected chi connectivity index (χ0v) is 13.5. The highest BCUT2D eigenvalue weighted by Crippen LogP contribution is 2.16.